The fraction of sp³-hybridized carbons (Fsp3) is 0.385. The molecular weight excluding hydrogens is 237 g/mol. The first-order valence-corrected chi connectivity index (χ1v) is 5.70. The number of methoxy groups -OCH3 is 1. The van der Waals surface area contributed by atoms with Crippen LogP contribution >= 0.6 is 0 Å². The molecular formula is C13H16FNO3. The zero-order chi connectivity index (χ0) is 13.4. The van der Waals surface area contributed by atoms with Crippen LogP contribution in [0.15, 0.2) is 24.3 Å². The van der Waals surface area contributed by atoms with Crippen molar-refractivity contribution in [2.24, 2.45) is 0 Å². The van der Waals surface area contributed by atoms with Gasteiger partial charge in [0.25, 0.3) is 0 Å². The van der Waals surface area contributed by atoms with E-state index in [-0.39, 0.29) is 24.6 Å². The number of halogens is 1. The van der Waals surface area contributed by atoms with Crippen LogP contribution in [0.25, 0.3) is 0 Å². The summed E-state index contributed by atoms with van der Waals surface area (Å²) >= 11 is 0. The van der Waals surface area contributed by atoms with Crippen LogP contribution in [0.5, 0.6) is 0 Å². The van der Waals surface area contributed by atoms with Gasteiger partial charge in [-0.1, -0.05) is 18.2 Å². The third-order valence-electron chi connectivity index (χ3n) is 2.46. The van der Waals surface area contributed by atoms with Crippen molar-refractivity contribution in [2.45, 2.75) is 19.3 Å². The van der Waals surface area contributed by atoms with Crippen molar-refractivity contribution in [1.29, 1.82) is 0 Å². The van der Waals surface area contributed by atoms with Gasteiger partial charge in [-0.3, -0.25) is 9.59 Å². The van der Waals surface area contributed by atoms with Gasteiger partial charge in [-0.2, -0.15) is 0 Å². The van der Waals surface area contributed by atoms with Crippen LogP contribution in [-0.2, 0) is 20.7 Å². The van der Waals surface area contributed by atoms with E-state index in [1.807, 2.05) is 0 Å². The van der Waals surface area contributed by atoms with Gasteiger partial charge >= 0.3 is 5.97 Å². The maximum atomic E-state index is 13.2. The Balaban J connectivity index is 2.24. The lowest BCUT2D eigenvalue weighted by Gasteiger charge is -2.05. The van der Waals surface area contributed by atoms with Crippen molar-refractivity contribution >= 4 is 11.9 Å². The Morgan fingerprint density at radius 1 is 1.28 bits per heavy atom. The van der Waals surface area contributed by atoms with E-state index in [0.29, 0.717) is 18.5 Å². The highest BCUT2D eigenvalue weighted by Gasteiger charge is 2.06. The molecule has 1 aromatic rings. The molecule has 0 aliphatic carbocycles. The van der Waals surface area contributed by atoms with Crippen molar-refractivity contribution in [2.75, 3.05) is 13.7 Å². The number of hydrogen-bond acceptors (Lipinski definition) is 3. The van der Waals surface area contributed by atoms with E-state index in [1.165, 1.54) is 13.2 Å². The minimum absolute atomic E-state index is 0.0576. The second-order valence-corrected chi connectivity index (χ2v) is 3.77. The van der Waals surface area contributed by atoms with Gasteiger partial charge in [0.15, 0.2) is 0 Å². The first kappa shape index (κ1) is 14.2. The van der Waals surface area contributed by atoms with Gasteiger partial charge in [0.1, 0.15) is 5.82 Å². The smallest absolute Gasteiger partial charge is 0.306 e. The van der Waals surface area contributed by atoms with Crippen LogP contribution in [0.4, 0.5) is 4.39 Å². The van der Waals surface area contributed by atoms with Gasteiger partial charge in [0.2, 0.25) is 5.91 Å². The van der Waals surface area contributed by atoms with Crippen LogP contribution < -0.4 is 5.32 Å². The molecule has 0 bridgehead atoms. The third-order valence-corrected chi connectivity index (χ3v) is 2.46. The number of hydrogen-bond donors (Lipinski definition) is 1. The van der Waals surface area contributed by atoms with E-state index in [2.05, 4.69) is 10.1 Å². The fourth-order valence-electron chi connectivity index (χ4n) is 1.44. The Hall–Kier alpha value is -1.91. The summed E-state index contributed by atoms with van der Waals surface area (Å²) in [5.41, 5.74) is 0.561. The molecule has 1 rings (SSSR count). The molecule has 1 N–H and O–H groups in total. The quantitative estimate of drug-likeness (QED) is 0.780. The van der Waals surface area contributed by atoms with Crippen LogP contribution in [0.1, 0.15) is 18.4 Å². The van der Waals surface area contributed by atoms with E-state index in [0.717, 1.165) is 0 Å². The summed E-state index contributed by atoms with van der Waals surface area (Å²) in [6.07, 6.45) is 0.572. The minimum atomic E-state index is -0.417. The monoisotopic (exact) mass is 253 g/mol. The molecule has 18 heavy (non-hydrogen) atoms. The van der Waals surface area contributed by atoms with Crippen LogP contribution in [0.3, 0.4) is 0 Å². The van der Waals surface area contributed by atoms with Crippen LogP contribution in [-0.4, -0.2) is 25.5 Å². The standard InChI is InChI=1S/C13H16FNO3/c1-18-13(17)7-6-12(16)15-9-8-10-4-2-3-5-11(10)14/h2-5H,6-9H2,1H3,(H,15,16). The Kier molecular flexibility index (Phi) is 5.84. The molecule has 0 spiro atoms. The molecule has 0 aliphatic heterocycles. The van der Waals surface area contributed by atoms with Gasteiger partial charge in [-0.15, -0.1) is 0 Å². The maximum absolute atomic E-state index is 13.2. The topological polar surface area (TPSA) is 55.4 Å². The van der Waals surface area contributed by atoms with E-state index in [1.54, 1.807) is 18.2 Å². The Morgan fingerprint density at radius 2 is 2.00 bits per heavy atom. The lowest BCUT2D eigenvalue weighted by atomic mass is 10.1. The molecule has 0 aromatic heterocycles. The number of carbonyl (C=O) groups is 2. The Labute approximate surface area is 105 Å². The lowest BCUT2D eigenvalue weighted by Crippen LogP contribution is -2.26. The molecule has 0 unspecified atom stereocenters. The molecule has 5 heteroatoms. The number of nitrogens with one attached hydrogen (secondary N) is 1. The summed E-state index contributed by atoms with van der Waals surface area (Å²) in [7, 11) is 1.28. The SMILES string of the molecule is COC(=O)CCC(=O)NCCc1ccccc1F. The molecule has 1 amide bonds. The summed E-state index contributed by atoms with van der Waals surface area (Å²) in [4.78, 5) is 22.1. The molecule has 0 saturated carbocycles. The van der Waals surface area contributed by atoms with E-state index in [9.17, 15) is 14.0 Å². The summed E-state index contributed by atoms with van der Waals surface area (Å²) in [6, 6.07) is 6.43. The number of benzene rings is 1. The largest absolute Gasteiger partial charge is 0.469 e. The highest BCUT2D eigenvalue weighted by molar-refractivity contribution is 5.81. The molecule has 1 aromatic carbocycles. The number of ether oxygens (including phenoxy) is 1. The van der Waals surface area contributed by atoms with E-state index < -0.39 is 5.97 Å². The second kappa shape index (κ2) is 7.42. The number of amides is 1. The summed E-state index contributed by atoms with van der Waals surface area (Å²) in [5.74, 6) is -0.933. The average Bonchev–Trinajstić information content (AvgIpc) is 2.38. The molecule has 4 nitrogen and oxygen atoms in total. The van der Waals surface area contributed by atoms with Gasteiger partial charge in [0, 0.05) is 13.0 Å². The number of esters is 1. The van der Waals surface area contributed by atoms with Crippen molar-refractivity contribution in [3.8, 4) is 0 Å². The zero-order valence-electron chi connectivity index (χ0n) is 10.2. The first-order valence-electron chi connectivity index (χ1n) is 5.70. The van der Waals surface area contributed by atoms with E-state index >= 15 is 0 Å². The highest BCUT2D eigenvalue weighted by Crippen LogP contribution is 2.06. The molecule has 0 saturated heterocycles. The normalized spacial score (nSPS) is 9.89. The van der Waals surface area contributed by atoms with Crippen molar-refractivity contribution in [1.82, 2.24) is 5.32 Å². The third kappa shape index (κ3) is 4.95. The summed E-state index contributed by atoms with van der Waals surface area (Å²) in [6.45, 7) is 0.348. The molecule has 0 atom stereocenters. The zero-order valence-corrected chi connectivity index (χ0v) is 10.2. The summed E-state index contributed by atoms with van der Waals surface area (Å²) < 4.78 is 17.7. The molecule has 0 heterocycles. The van der Waals surface area contributed by atoms with Gasteiger partial charge in [0.05, 0.1) is 13.5 Å². The number of carbonyl (C=O) groups excluding carboxylic acids is 2. The van der Waals surface area contributed by atoms with Gasteiger partial charge in [-0.25, -0.2) is 4.39 Å². The Morgan fingerprint density at radius 3 is 2.67 bits per heavy atom. The van der Waals surface area contributed by atoms with Gasteiger partial charge < -0.3 is 10.1 Å². The molecule has 0 aliphatic rings. The van der Waals surface area contributed by atoms with Crippen molar-refractivity contribution in [3.63, 3.8) is 0 Å². The highest BCUT2D eigenvalue weighted by atomic mass is 19.1. The predicted octanol–water partition coefficient (Wildman–Crippen LogP) is 1.44. The van der Waals surface area contributed by atoms with Crippen LogP contribution in [0.2, 0.25) is 0 Å². The van der Waals surface area contributed by atoms with Crippen molar-refractivity contribution in [3.05, 3.63) is 35.6 Å². The maximum Gasteiger partial charge on any atom is 0.306 e. The minimum Gasteiger partial charge on any atom is -0.469 e. The second-order valence-electron chi connectivity index (χ2n) is 3.77. The van der Waals surface area contributed by atoms with E-state index in [4.69, 9.17) is 0 Å². The summed E-state index contributed by atoms with van der Waals surface area (Å²) in [5, 5.41) is 2.62. The lowest BCUT2D eigenvalue weighted by molar-refractivity contribution is -0.142. The number of rotatable bonds is 6. The molecule has 98 valence electrons. The first-order chi connectivity index (χ1) is 8.63. The fourth-order valence-corrected chi connectivity index (χ4v) is 1.44. The van der Waals surface area contributed by atoms with Crippen molar-refractivity contribution < 1.29 is 18.7 Å². The molecule has 0 radical (unpaired) electrons. The molecule has 0 fully saturated rings. The van der Waals surface area contributed by atoms with Gasteiger partial charge in [-0.05, 0) is 18.1 Å². The van der Waals surface area contributed by atoms with Crippen LogP contribution in [0, 0.1) is 5.82 Å². The predicted molar refractivity (Wildman–Crippen MR) is 64.4 cm³/mol. The Bertz CT molecular complexity index is 420. The average molecular weight is 253 g/mol.